The van der Waals surface area contributed by atoms with Crippen LogP contribution in [0.15, 0.2) is 24.3 Å². The highest BCUT2D eigenvalue weighted by Gasteiger charge is 2.57. The molecule has 2 aliphatic heterocycles. The Balaban J connectivity index is 1.72. The summed E-state index contributed by atoms with van der Waals surface area (Å²) in [5.74, 6) is 0.278. The van der Waals surface area contributed by atoms with Crippen molar-refractivity contribution in [3.8, 4) is 5.75 Å². The number of piperidine rings is 1. The first-order valence-corrected chi connectivity index (χ1v) is 10.5. The average molecular weight is 417 g/mol. The van der Waals surface area contributed by atoms with Crippen molar-refractivity contribution in [3.05, 3.63) is 29.8 Å². The zero-order valence-electron chi connectivity index (χ0n) is 18.1. The number of imide groups is 1. The molecule has 8 heteroatoms. The second-order valence-electron chi connectivity index (χ2n) is 8.63. The number of hydrogen-bond acceptors (Lipinski definition) is 5. The van der Waals surface area contributed by atoms with Crippen LogP contribution in [0.25, 0.3) is 0 Å². The van der Waals surface area contributed by atoms with E-state index in [9.17, 15) is 14.4 Å². The predicted molar refractivity (Wildman–Crippen MR) is 113 cm³/mol. The number of amides is 4. The number of nitrogens with two attached hydrogens (primary N) is 1. The standard InChI is InChI=1S/C22H32N4O4/c1-16(2)8-11-26-21(29)25(15-19(23)27)20(28)22(26)9-12-24(13-10-22)14-17-4-6-18(30-3)7-5-17/h4-7,16H,8-15H2,1-3H3,(H2,23,27). The highest BCUT2D eigenvalue weighted by Crippen LogP contribution is 2.38. The summed E-state index contributed by atoms with van der Waals surface area (Å²) < 4.78 is 5.21. The molecule has 0 unspecified atom stereocenters. The van der Waals surface area contributed by atoms with Crippen LogP contribution in [0.5, 0.6) is 5.75 Å². The molecule has 2 aliphatic rings. The fourth-order valence-electron chi connectivity index (χ4n) is 4.33. The number of hydrogen-bond donors (Lipinski definition) is 1. The van der Waals surface area contributed by atoms with E-state index in [-0.39, 0.29) is 18.5 Å². The quantitative estimate of drug-likeness (QED) is 0.652. The Morgan fingerprint density at radius 2 is 1.80 bits per heavy atom. The van der Waals surface area contributed by atoms with E-state index in [1.54, 1.807) is 12.0 Å². The molecule has 0 aliphatic carbocycles. The molecule has 1 aromatic rings. The number of ether oxygens (including phenoxy) is 1. The van der Waals surface area contributed by atoms with Gasteiger partial charge in [-0.3, -0.25) is 19.4 Å². The fourth-order valence-corrected chi connectivity index (χ4v) is 4.33. The summed E-state index contributed by atoms with van der Waals surface area (Å²) in [7, 11) is 1.64. The van der Waals surface area contributed by atoms with Crippen LogP contribution in [-0.2, 0) is 16.1 Å². The lowest BCUT2D eigenvalue weighted by molar-refractivity contribution is -0.137. The van der Waals surface area contributed by atoms with Gasteiger partial charge in [0, 0.05) is 26.2 Å². The molecule has 164 valence electrons. The molecule has 1 aromatic carbocycles. The van der Waals surface area contributed by atoms with Crippen molar-refractivity contribution in [2.45, 2.75) is 45.2 Å². The molecule has 2 fully saturated rings. The molecule has 0 bridgehead atoms. The summed E-state index contributed by atoms with van der Waals surface area (Å²) in [6.45, 7) is 6.52. The molecule has 2 saturated heterocycles. The van der Waals surface area contributed by atoms with Gasteiger partial charge in [0.15, 0.2) is 0 Å². The molecule has 0 atom stereocenters. The second-order valence-corrected chi connectivity index (χ2v) is 8.63. The van der Waals surface area contributed by atoms with Crippen molar-refractivity contribution >= 4 is 17.8 Å². The smallest absolute Gasteiger partial charge is 0.328 e. The Morgan fingerprint density at radius 1 is 1.17 bits per heavy atom. The normalized spacial score (nSPS) is 19.2. The number of likely N-dealkylation sites (tertiary alicyclic amines) is 1. The molecule has 0 radical (unpaired) electrons. The number of benzene rings is 1. The van der Waals surface area contributed by atoms with Crippen LogP contribution < -0.4 is 10.5 Å². The summed E-state index contributed by atoms with van der Waals surface area (Å²) in [6, 6.07) is 7.57. The van der Waals surface area contributed by atoms with Gasteiger partial charge >= 0.3 is 6.03 Å². The van der Waals surface area contributed by atoms with Gasteiger partial charge in [-0.1, -0.05) is 26.0 Å². The van der Waals surface area contributed by atoms with Crippen LogP contribution in [0.3, 0.4) is 0 Å². The van der Waals surface area contributed by atoms with Gasteiger partial charge in [-0.2, -0.15) is 0 Å². The van der Waals surface area contributed by atoms with Gasteiger partial charge in [0.25, 0.3) is 5.91 Å². The third kappa shape index (κ3) is 4.43. The van der Waals surface area contributed by atoms with Gasteiger partial charge in [0.2, 0.25) is 5.91 Å². The highest BCUT2D eigenvalue weighted by molar-refractivity contribution is 6.09. The molecule has 1 spiro atoms. The van der Waals surface area contributed by atoms with Crippen LogP contribution in [-0.4, -0.2) is 71.4 Å². The molecule has 30 heavy (non-hydrogen) atoms. The lowest BCUT2D eigenvalue weighted by atomic mass is 9.85. The van der Waals surface area contributed by atoms with E-state index in [1.165, 1.54) is 5.56 Å². The Morgan fingerprint density at radius 3 is 2.33 bits per heavy atom. The van der Waals surface area contributed by atoms with Crippen molar-refractivity contribution in [1.29, 1.82) is 0 Å². The van der Waals surface area contributed by atoms with E-state index in [1.807, 2.05) is 24.3 Å². The third-order valence-electron chi connectivity index (χ3n) is 6.11. The molecule has 0 saturated carbocycles. The molecule has 3 rings (SSSR count). The Hall–Kier alpha value is -2.61. The minimum Gasteiger partial charge on any atom is -0.497 e. The topological polar surface area (TPSA) is 96.2 Å². The van der Waals surface area contributed by atoms with Crippen molar-refractivity contribution in [2.24, 2.45) is 11.7 Å². The van der Waals surface area contributed by atoms with Crippen molar-refractivity contribution < 1.29 is 19.1 Å². The number of urea groups is 1. The van der Waals surface area contributed by atoms with Crippen LogP contribution in [0.4, 0.5) is 4.79 Å². The van der Waals surface area contributed by atoms with Crippen LogP contribution >= 0.6 is 0 Å². The summed E-state index contributed by atoms with van der Waals surface area (Å²) in [4.78, 5) is 42.7. The fraction of sp³-hybridized carbons (Fsp3) is 0.591. The Bertz CT molecular complexity index is 785. The summed E-state index contributed by atoms with van der Waals surface area (Å²) in [6.07, 6.45) is 1.92. The van der Waals surface area contributed by atoms with E-state index < -0.39 is 11.4 Å². The van der Waals surface area contributed by atoms with Crippen molar-refractivity contribution in [1.82, 2.24) is 14.7 Å². The molecule has 2 N–H and O–H groups in total. The Kier molecular flexibility index (Phi) is 6.65. The number of rotatable bonds is 8. The van der Waals surface area contributed by atoms with E-state index in [0.717, 1.165) is 23.6 Å². The summed E-state index contributed by atoms with van der Waals surface area (Å²) in [5.41, 5.74) is 5.60. The maximum absolute atomic E-state index is 13.2. The zero-order chi connectivity index (χ0) is 21.9. The lowest BCUT2D eigenvalue weighted by Crippen LogP contribution is -2.56. The number of methoxy groups -OCH3 is 1. The molecule has 4 amide bonds. The van der Waals surface area contributed by atoms with E-state index in [2.05, 4.69) is 18.7 Å². The number of carbonyl (C=O) groups is 3. The summed E-state index contributed by atoms with van der Waals surface area (Å²) >= 11 is 0. The summed E-state index contributed by atoms with van der Waals surface area (Å²) in [5, 5.41) is 0. The predicted octanol–water partition coefficient (Wildman–Crippen LogP) is 1.83. The van der Waals surface area contributed by atoms with Gasteiger partial charge in [-0.05, 0) is 42.9 Å². The number of nitrogens with zero attached hydrogens (tertiary/aromatic N) is 3. The third-order valence-corrected chi connectivity index (χ3v) is 6.11. The number of carbonyl (C=O) groups excluding carboxylic acids is 3. The SMILES string of the molecule is COc1ccc(CN2CCC3(CC2)C(=O)N(CC(N)=O)C(=O)N3CCC(C)C)cc1. The van der Waals surface area contributed by atoms with Crippen LogP contribution in [0, 0.1) is 5.92 Å². The van der Waals surface area contributed by atoms with Gasteiger partial charge in [-0.15, -0.1) is 0 Å². The van der Waals surface area contributed by atoms with Crippen LogP contribution in [0.1, 0.15) is 38.7 Å². The highest BCUT2D eigenvalue weighted by atomic mass is 16.5. The van der Waals surface area contributed by atoms with Gasteiger partial charge in [0.1, 0.15) is 17.8 Å². The van der Waals surface area contributed by atoms with Crippen molar-refractivity contribution in [3.63, 3.8) is 0 Å². The minimum absolute atomic E-state index is 0.279. The molecule has 2 heterocycles. The molecule has 8 nitrogen and oxygen atoms in total. The maximum atomic E-state index is 13.2. The zero-order valence-corrected chi connectivity index (χ0v) is 18.1. The van der Waals surface area contributed by atoms with E-state index >= 15 is 0 Å². The molecular weight excluding hydrogens is 384 g/mol. The van der Waals surface area contributed by atoms with Crippen LogP contribution in [0.2, 0.25) is 0 Å². The first-order chi connectivity index (χ1) is 14.3. The molecular formula is C22H32N4O4. The van der Waals surface area contributed by atoms with Gasteiger partial charge in [-0.25, -0.2) is 4.79 Å². The lowest BCUT2D eigenvalue weighted by Gasteiger charge is -2.42. The molecule has 0 aromatic heterocycles. The average Bonchev–Trinajstić information content (AvgIpc) is 2.89. The maximum Gasteiger partial charge on any atom is 0.328 e. The first kappa shape index (κ1) is 22.1. The van der Waals surface area contributed by atoms with Gasteiger partial charge in [0.05, 0.1) is 7.11 Å². The first-order valence-electron chi connectivity index (χ1n) is 10.5. The number of primary amides is 1. The van der Waals surface area contributed by atoms with Crippen molar-refractivity contribution in [2.75, 3.05) is 33.3 Å². The van der Waals surface area contributed by atoms with E-state index in [0.29, 0.717) is 38.4 Å². The Labute approximate surface area is 177 Å². The minimum atomic E-state index is -0.863. The second kappa shape index (κ2) is 9.04. The van der Waals surface area contributed by atoms with E-state index in [4.69, 9.17) is 10.5 Å². The van der Waals surface area contributed by atoms with Gasteiger partial charge < -0.3 is 15.4 Å². The monoisotopic (exact) mass is 416 g/mol. The largest absolute Gasteiger partial charge is 0.497 e.